The highest BCUT2D eigenvalue weighted by molar-refractivity contribution is 6.42. The Morgan fingerprint density at radius 2 is 1.62 bits per heavy atom. The number of nitrogens with zero attached hydrogens (tertiary/aromatic N) is 1. The summed E-state index contributed by atoms with van der Waals surface area (Å²) in [5.74, 6) is 0.768. The summed E-state index contributed by atoms with van der Waals surface area (Å²) in [5.41, 5.74) is 2.32. The van der Waals surface area contributed by atoms with Crippen LogP contribution in [-0.2, 0) is 0 Å². The molecule has 4 heteroatoms. The number of hydrogen-bond acceptors (Lipinski definition) is 2. The van der Waals surface area contributed by atoms with Crippen molar-refractivity contribution in [1.29, 1.82) is 0 Å². The standard InChI is InChI=1S/C17H17Cl2NO/c18-16-3-1-2-15(17(16)19)12-8-10-20(11-9-12)13-4-6-14(21)7-5-13/h1-7,12,21H,8-11H2. The molecular weight excluding hydrogens is 305 g/mol. The number of halogens is 2. The van der Waals surface area contributed by atoms with E-state index in [0.29, 0.717) is 21.7 Å². The van der Waals surface area contributed by atoms with Crippen molar-refractivity contribution >= 4 is 28.9 Å². The fourth-order valence-electron chi connectivity index (χ4n) is 2.95. The fraction of sp³-hybridized carbons (Fsp3) is 0.294. The van der Waals surface area contributed by atoms with Crippen LogP contribution in [0.1, 0.15) is 24.3 Å². The third kappa shape index (κ3) is 3.12. The first kappa shape index (κ1) is 14.6. The molecule has 0 aliphatic carbocycles. The zero-order chi connectivity index (χ0) is 14.8. The Hall–Kier alpha value is -1.38. The van der Waals surface area contributed by atoms with E-state index in [1.165, 1.54) is 0 Å². The third-order valence-corrected chi connectivity index (χ3v) is 4.96. The van der Waals surface area contributed by atoms with Crippen LogP contribution in [0.4, 0.5) is 5.69 Å². The van der Waals surface area contributed by atoms with E-state index in [1.54, 1.807) is 12.1 Å². The van der Waals surface area contributed by atoms with Crippen LogP contribution >= 0.6 is 23.2 Å². The second kappa shape index (κ2) is 6.17. The molecule has 0 atom stereocenters. The third-order valence-electron chi connectivity index (χ3n) is 4.13. The number of benzene rings is 2. The molecule has 3 rings (SSSR count). The minimum Gasteiger partial charge on any atom is -0.508 e. The first-order valence-electron chi connectivity index (χ1n) is 7.13. The first-order chi connectivity index (χ1) is 10.1. The van der Waals surface area contributed by atoms with Crippen molar-refractivity contribution in [3.63, 3.8) is 0 Å². The normalized spacial score (nSPS) is 16.2. The van der Waals surface area contributed by atoms with Crippen LogP contribution in [0.15, 0.2) is 42.5 Å². The lowest BCUT2D eigenvalue weighted by Gasteiger charge is -2.34. The zero-order valence-electron chi connectivity index (χ0n) is 11.6. The molecule has 1 N–H and O–H groups in total. The van der Waals surface area contributed by atoms with Crippen molar-refractivity contribution in [2.24, 2.45) is 0 Å². The predicted molar refractivity (Wildman–Crippen MR) is 88.8 cm³/mol. The van der Waals surface area contributed by atoms with Crippen molar-refractivity contribution in [1.82, 2.24) is 0 Å². The van der Waals surface area contributed by atoms with Gasteiger partial charge >= 0.3 is 0 Å². The van der Waals surface area contributed by atoms with E-state index in [9.17, 15) is 5.11 Å². The lowest BCUT2D eigenvalue weighted by molar-refractivity contribution is 0.474. The molecule has 0 radical (unpaired) electrons. The summed E-state index contributed by atoms with van der Waals surface area (Å²) in [4.78, 5) is 2.34. The maximum atomic E-state index is 9.36. The summed E-state index contributed by atoms with van der Waals surface area (Å²) in [6.07, 6.45) is 2.11. The summed E-state index contributed by atoms with van der Waals surface area (Å²) in [6, 6.07) is 13.3. The van der Waals surface area contributed by atoms with Crippen molar-refractivity contribution in [3.8, 4) is 5.75 Å². The Bertz CT molecular complexity index is 619. The molecule has 0 unspecified atom stereocenters. The molecule has 1 saturated heterocycles. The monoisotopic (exact) mass is 321 g/mol. The molecule has 21 heavy (non-hydrogen) atoms. The fourth-order valence-corrected chi connectivity index (χ4v) is 3.41. The molecule has 0 aromatic heterocycles. The van der Waals surface area contributed by atoms with Gasteiger partial charge in [-0.05, 0) is 54.7 Å². The quantitative estimate of drug-likeness (QED) is 0.833. The molecule has 0 spiro atoms. The minimum absolute atomic E-state index is 0.305. The Balaban J connectivity index is 1.70. The van der Waals surface area contributed by atoms with Crippen LogP contribution in [0.5, 0.6) is 5.75 Å². The number of phenolic OH excluding ortho intramolecular Hbond substituents is 1. The zero-order valence-corrected chi connectivity index (χ0v) is 13.1. The summed E-state index contributed by atoms with van der Waals surface area (Å²) in [5, 5.41) is 10.7. The van der Waals surface area contributed by atoms with Crippen LogP contribution < -0.4 is 4.90 Å². The number of phenols is 1. The van der Waals surface area contributed by atoms with Crippen LogP contribution in [0.25, 0.3) is 0 Å². The number of anilines is 1. The summed E-state index contributed by atoms with van der Waals surface area (Å²) < 4.78 is 0. The van der Waals surface area contributed by atoms with E-state index in [-0.39, 0.29) is 0 Å². The van der Waals surface area contributed by atoms with Crippen LogP contribution in [0.2, 0.25) is 10.0 Å². The van der Waals surface area contributed by atoms with Crippen molar-refractivity contribution in [2.45, 2.75) is 18.8 Å². The average molecular weight is 322 g/mol. The Labute approximate surface area is 134 Å². The minimum atomic E-state index is 0.305. The van der Waals surface area contributed by atoms with E-state index < -0.39 is 0 Å². The van der Waals surface area contributed by atoms with Gasteiger partial charge in [-0.2, -0.15) is 0 Å². The largest absolute Gasteiger partial charge is 0.508 e. The maximum absolute atomic E-state index is 9.36. The van der Waals surface area contributed by atoms with Crippen molar-refractivity contribution in [3.05, 3.63) is 58.1 Å². The van der Waals surface area contributed by atoms with E-state index in [4.69, 9.17) is 23.2 Å². The topological polar surface area (TPSA) is 23.5 Å². The molecule has 2 aromatic rings. The number of aromatic hydroxyl groups is 1. The first-order valence-corrected chi connectivity index (χ1v) is 7.88. The maximum Gasteiger partial charge on any atom is 0.115 e. The molecular formula is C17H17Cl2NO. The van der Waals surface area contributed by atoms with E-state index >= 15 is 0 Å². The Morgan fingerprint density at radius 3 is 2.29 bits per heavy atom. The smallest absolute Gasteiger partial charge is 0.115 e. The van der Waals surface area contributed by atoms with Gasteiger partial charge in [0.2, 0.25) is 0 Å². The van der Waals surface area contributed by atoms with Crippen molar-refractivity contribution in [2.75, 3.05) is 18.0 Å². The Kier molecular flexibility index (Phi) is 4.27. The molecule has 1 heterocycles. The number of piperidine rings is 1. The van der Waals surface area contributed by atoms with Gasteiger partial charge in [0, 0.05) is 18.8 Å². The van der Waals surface area contributed by atoms with Crippen molar-refractivity contribution < 1.29 is 5.11 Å². The van der Waals surface area contributed by atoms with Gasteiger partial charge < -0.3 is 10.0 Å². The lowest BCUT2D eigenvalue weighted by atomic mass is 9.89. The molecule has 0 bridgehead atoms. The van der Waals surface area contributed by atoms with Gasteiger partial charge in [0.1, 0.15) is 5.75 Å². The molecule has 0 amide bonds. The van der Waals surface area contributed by atoms with Gasteiger partial charge in [-0.15, -0.1) is 0 Å². The SMILES string of the molecule is Oc1ccc(N2CCC(c3cccc(Cl)c3Cl)CC2)cc1. The number of hydrogen-bond donors (Lipinski definition) is 1. The molecule has 1 fully saturated rings. The summed E-state index contributed by atoms with van der Waals surface area (Å²) in [6.45, 7) is 1.97. The second-order valence-electron chi connectivity index (χ2n) is 5.42. The summed E-state index contributed by atoms with van der Waals surface area (Å²) in [7, 11) is 0. The highest BCUT2D eigenvalue weighted by Gasteiger charge is 2.23. The average Bonchev–Trinajstić information content (AvgIpc) is 2.51. The second-order valence-corrected chi connectivity index (χ2v) is 6.21. The van der Waals surface area contributed by atoms with Gasteiger partial charge in [-0.3, -0.25) is 0 Å². The molecule has 2 nitrogen and oxygen atoms in total. The summed E-state index contributed by atoms with van der Waals surface area (Å²) >= 11 is 12.4. The predicted octanol–water partition coefficient (Wildman–Crippen LogP) is 5.08. The van der Waals surface area contributed by atoms with Crippen LogP contribution in [-0.4, -0.2) is 18.2 Å². The lowest BCUT2D eigenvalue weighted by Crippen LogP contribution is -2.32. The van der Waals surface area contributed by atoms with E-state index in [1.807, 2.05) is 24.3 Å². The molecule has 1 aliphatic rings. The highest BCUT2D eigenvalue weighted by Crippen LogP contribution is 2.37. The number of rotatable bonds is 2. The van der Waals surface area contributed by atoms with E-state index in [0.717, 1.165) is 37.2 Å². The highest BCUT2D eigenvalue weighted by atomic mass is 35.5. The molecule has 0 saturated carbocycles. The molecule has 2 aromatic carbocycles. The van der Waals surface area contributed by atoms with Gasteiger partial charge in [0.25, 0.3) is 0 Å². The Morgan fingerprint density at radius 1 is 0.952 bits per heavy atom. The van der Waals surface area contributed by atoms with Gasteiger partial charge in [-0.1, -0.05) is 35.3 Å². The van der Waals surface area contributed by atoms with Gasteiger partial charge in [0.05, 0.1) is 10.0 Å². The molecule has 110 valence electrons. The van der Waals surface area contributed by atoms with Gasteiger partial charge in [-0.25, -0.2) is 0 Å². The van der Waals surface area contributed by atoms with Gasteiger partial charge in [0.15, 0.2) is 0 Å². The van der Waals surface area contributed by atoms with Crippen LogP contribution in [0, 0.1) is 0 Å². The van der Waals surface area contributed by atoms with E-state index in [2.05, 4.69) is 11.0 Å². The van der Waals surface area contributed by atoms with Crippen LogP contribution in [0.3, 0.4) is 0 Å². The molecule has 1 aliphatic heterocycles.